The van der Waals surface area contributed by atoms with Gasteiger partial charge in [-0.25, -0.2) is 4.79 Å². The molecule has 7 heteroatoms. The maximum atomic E-state index is 12.2. The van der Waals surface area contributed by atoms with Crippen molar-refractivity contribution >= 4 is 30.0 Å². The number of esters is 1. The molecule has 1 saturated heterocycles. The minimum absolute atomic E-state index is 0. The molecule has 1 aromatic rings. The molecule has 6 nitrogen and oxygen atoms in total. The van der Waals surface area contributed by atoms with Gasteiger partial charge in [0.2, 0.25) is 0 Å². The predicted molar refractivity (Wildman–Crippen MR) is 85.3 cm³/mol. The maximum Gasteiger partial charge on any atom is 0.337 e. The number of benzene rings is 1. The lowest BCUT2D eigenvalue weighted by molar-refractivity contribution is -0.126. The molecule has 0 aliphatic carbocycles. The molecule has 1 heterocycles. The second kappa shape index (κ2) is 8.12. The van der Waals surface area contributed by atoms with Crippen LogP contribution in [0.2, 0.25) is 0 Å². The van der Waals surface area contributed by atoms with Gasteiger partial charge in [0.1, 0.15) is 6.10 Å². The molecule has 1 aliphatic heterocycles. The van der Waals surface area contributed by atoms with Gasteiger partial charge in [0, 0.05) is 12.2 Å². The Morgan fingerprint density at radius 3 is 2.73 bits per heavy atom. The highest BCUT2D eigenvalue weighted by molar-refractivity contribution is 5.97. The zero-order valence-electron chi connectivity index (χ0n) is 12.6. The molecule has 0 spiro atoms. The number of amides is 1. The zero-order valence-corrected chi connectivity index (χ0v) is 13.4. The van der Waals surface area contributed by atoms with Crippen LogP contribution < -0.4 is 11.1 Å². The molecule has 0 radical (unpaired) electrons. The van der Waals surface area contributed by atoms with Crippen LogP contribution in [0.15, 0.2) is 18.2 Å². The molecule has 0 saturated carbocycles. The summed E-state index contributed by atoms with van der Waals surface area (Å²) in [6, 6.07) is 5.03. The van der Waals surface area contributed by atoms with E-state index in [2.05, 4.69) is 10.1 Å². The van der Waals surface area contributed by atoms with Gasteiger partial charge in [0.15, 0.2) is 0 Å². The van der Waals surface area contributed by atoms with Crippen molar-refractivity contribution in [3.63, 3.8) is 0 Å². The third-order valence-electron chi connectivity index (χ3n) is 3.58. The number of nitrogens with two attached hydrogens (primary N) is 1. The average Bonchev–Trinajstić information content (AvgIpc) is 2.97. The first kappa shape index (κ1) is 18.4. The Labute approximate surface area is 135 Å². The second-order valence-electron chi connectivity index (χ2n) is 5.07. The van der Waals surface area contributed by atoms with Gasteiger partial charge in [-0.05, 0) is 37.5 Å². The molecule has 22 heavy (non-hydrogen) atoms. The summed E-state index contributed by atoms with van der Waals surface area (Å²) in [6.07, 6.45) is 0.905. The fourth-order valence-corrected chi connectivity index (χ4v) is 2.29. The predicted octanol–water partition coefficient (Wildman–Crippen LogP) is 1.65. The van der Waals surface area contributed by atoms with Crippen LogP contribution in [0.1, 0.15) is 28.8 Å². The van der Waals surface area contributed by atoms with E-state index in [-0.39, 0.29) is 24.4 Å². The van der Waals surface area contributed by atoms with Crippen molar-refractivity contribution in [2.75, 3.05) is 19.0 Å². The highest BCUT2D eigenvalue weighted by Gasteiger charge is 2.30. The van der Waals surface area contributed by atoms with Gasteiger partial charge in [0.25, 0.3) is 5.91 Å². The lowest BCUT2D eigenvalue weighted by atomic mass is 10.1. The third kappa shape index (κ3) is 4.19. The number of anilines is 1. The van der Waals surface area contributed by atoms with Gasteiger partial charge < -0.3 is 20.5 Å². The largest absolute Gasteiger partial charge is 0.465 e. The number of carbonyl (C=O) groups excluding carboxylic acids is 2. The van der Waals surface area contributed by atoms with Crippen molar-refractivity contribution in [1.29, 1.82) is 0 Å². The van der Waals surface area contributed by atoms with Crippen molar-refractivity contribution in [1.82, 2.24) is 0 Å². The Hall–Kier alpha value is -1.63. The van der Waals surface area contributed by atoms with E-state index in [9.17, 15) is 9.59 Å². The van der Waals surface area contributed by atoms with Crippen LogP contribution in [-0.4, -0.2) is 37.7 Å². The summed E-state index contributed by atoms with van der Waals surface area (Å²) in [4.78, 5) is 23.7. The van der Waals surface area contributed by atoms with Crippen molar-refractivity contribution in [2.24, 2.45) is 5.73 Å². The van der Waals surface area contributed by atoms with Crippen LogP contribution in [0.25, 0.3) is 0 Å². The minimum Gasteiger partial charge on any atom is -0.465 e. The van der Waals surface area contributed by atoms with E-state index in [1.165, 1.54) is 7.11 Å². The number of nitrogens with one attached hydrogen (secondary N) is 1. The number of aryl methyl sites for hydroxylation is 1. The van der Waals surface area contributed by atoms with Crippen LogP contribution in [0.4, 0.5) is 5.69 Å². The summed E-state index contributed by atoms with van der Waals surface area (Å²) in [5, 5.41) is 2.80. The second-order valence-corrected chi connectivity index (χ2v) is 5.07. The van der Waals surface area contributed by atoms with Crippen LogP contribution in [0, 0.1) is 6.92 Å². The van der Waals surface area contributed by atoms with E-state index in [0.29, 0.717) is 24.2 Å². The number of halogens is 1. The molecular weight excluding hydrogens is 308 g/mol. The molecule has 1 aromatic carbocycles. The van der Waals surface area contributed by atoms with E-state index in [1.807, 2.05) is 6.92 Å². The molecule has 1 amide bonds. The number of hydrogen-bond donors (Lipinski definition) is 2. The lowest BCUT2D eigenvalue weighted by Gasteiger charge is -2.14. The van der Waals surface area contributed by atoms with Crippen LogP contribution >= 0.6 is 12.4 Å². The Morgan fingerprint density at radius 2 is 2.14 bits per heavy atom. The maximum absolute atomic E-state index is 12.2. The quantitative estimate of drug-likeness (QED) is 0.820. The van der Waals surface area contributed by atoms with E-state index < -0.39 is 12.1 Å². The number of rotatable bonds is 4. The van der Waals surface area contributed by atoms with Gasteiger partial charge >= 0.3 is 5.97 Å². The standard InChI is InChI=1S/C15H20N2O4.ClH/c1-9-3-4-10(15(19)20-2)7-12(9)17-14(18)13-6-5-11(8-16)21-13;/h3-4,7,11,13H,5-6,8,16H2,1-2H3,(H,17,18);1H/t11-,13+;/m1./s1. The monoisotopic (exact) mass is 328 g/mol. The smallest absolute Gasteiger partial charge is 0.337 e. The van der Waals surface area contributed by atoms with Gasteiger partial charge in [0.05, 0.1) is 18.8 Å². The first-order chi connectivity index (χ1) is 10.0. The summed E-state index contributed by atoms with van der Waals surface area (Å²) in [6.45, 7) is 2.27. The SMILES string of the molecule is COC(=O)c1ccc(C)c(NC(=O)[C@@H]2CC[C@H](CN)O2)c1.Cl. The Kier molecular flexibility index (Phi) is 6.80. The lowest BCUT2D eigenvalue weighted by Crippen LogP contribution is -2.30. The molecule has 122 valence electrons. The normalized spacial score (nSPS) is 20.1. The Bertz CT molecular complexity index is 550. The molecule has 2 rings (SSSR count). The van der Waals surface area contributed by atoms with E-state index >= 15 is 0 Å². The zero-order chi connectivity index (χ0) is 15.4. The van der Waals surface area contributed by atoms with Gasteiger partial charge in [-0.2, -0.15) is 0 Å². The Morgan fingerprint density at radius 1 is 1.41 bits per heavy atom. The molecule has 0 bridgehead atoms. The summed E-state index contributed by atoms with van der Waals surface area (Å²) < 4.78 is 10.2. The fourth-order valence-electron chi connectivity index (χ4n) is 2.29. The minimum atomic E-state index is -0.486. The summed E-state index contributed by atoms with van der Waals surface area (Å²) >= 11 is 0. The van der Waals surface area contributed by atoms with Crippen LogP contribution in [0.5, 0.6) is 0 Å². The average molecular weight is 329 g/mol. The first-order valence-electron chi connectivity index (χ1n) is 6.90. The summed E-state index contributed by atoms with van der Waals surface area (Å²) in [5.74, 6) is -0.651. The molecule has 2 atom stereocenters. The van der Waals surface area contributed by atoms with E-state index in [0.717, 1.165) is 12.0 Å². The highest BCUT2D eigenvalue weighted by Crippen LogP contribution is 2.22. The number of hydrogen-bond acceptors (Lipinski definition) is 5. The molecule has 1 fully saturated rings. The summed E-state index contributed by atoms with van der Waals surface area (Å²) in [5.41, 5.74) is 7.38. The van der Waals surface area contributed by atoms with Gasteiger partial charge in [-0.1, -0.05) is 6.07 Å². The third-order valence-corrected chi connectivity index (χ3v) is 3.58. The molecule has 3 N–H and O–H groups in total. The highest BCUT2D eigenvalue weighted by atomic mass is 35.5. The van der Waals surface area contributed by atoms with Crippen LogP contribution in [0.3, 0.4) is 0 Å². The number of ether oxygens (including phenoxy) is 2. The Balaban J connectivity index is 0.00000242. The van der Waals surface area contributed by atoms with E-state index in [1.54, 1.807) is 18.2 Å². The van der Waals surface area contributed by atoms with Crippen molar-refractivity contribution < 1.29 is 19.1 Å². The van der Waals surface area contributed by atoms with E-state index in [4.69, 9.17) is 10.5 Å². The van der Waals surface area contributed by atoms with Gasteiger partial charge in [-0.15, -0.1) is 12.4 Å². The summed E-state index contributed by atoms with van der Waals surface area (Å²) in [7, 11) is 1.32. The molecule has 0 aromatic heterocycles. The fraction of sp³-hybridized carbons (Fsp3) is 0.467. The van der Waals surface area contributed by atoms with Gasteiger partial charge in [-0.3, -0.25) is 4.79 Å². The topological polar surface area (TPSA) is 90.7 Å². The van der Waals surface area contributed by atoms with Crippen molar-refractivity contribution in [2.45, 2.75) is 32.0 Å². The van der Waals surface area contributed by atoms with Crippen LogP contribution in [-0.2, 0) is 14.3 Å². The molecule has 0 unspecified atom stereocenters. The first-order valence-corrected chi connectivity index (χ1v) is 6.90. The number of methoxy groups -OCH3 is 1. The number of carbonyl (C=O) groups is 2. The van der Waals surface area contributed by atoms with Crippen molar-refractivity contribution in [3.05, 3.63) is 29.3 Å². The molecule has 1 aliphatic rings. The molecular formula is C15H21ClN2O4. The van der Waals surface area contributed by atoms with Crippen molar-refractivity contribution in [3.8, 4) is 0 Å².